The van der Waals surface area contributed by atoms with Crippen LogP contribution in [0.25, 0.3) is 6.08 Å². The highest BCUT2D eigenvalue weighted by atomic mass is 79.9. The molecule has 2 fully saturated rings. The van der Waals surface area contributed by atoms with E-state index in [2.05, 4.69) is 15.9 Å². The molecule has 0 saturated carbocycles. The van der Waals surface area contributed by atoms with E-state index in [1.54, 1.807) is 41.3 Å². The summed E-state index contributed by atoms with van der Waals surface area (Å²) in [5, 5.41) is -0.470. The average Bonchev–Trinajstić information content (AvgIpc) is 3.05. The van der Waals surface area contributed by atoms with Crippen LogP contribution >= 0.6 is 27.7 Å². The summed E-state index contributed by atoms with van der Waals surface area (Å²) in [7, 11) is 1.48. The first-order valence-electron chi connectivity index (χ1n) is 11.6. The minimum absolute atomic E-state index is 0.0127. The van der Waals surface area contributed by atoms with E-state index >= 15 is 0 Å². The van der Waals surface area contributed by atoms with Crippen LogP contribution in [0.5, 0.6) is 11.5 Å². The van der Waals surface area contributed by atoms with Gasteiger partial charge in [0.25, 0.3) is 11.1 Å². The molecule has 2 aliphatic rings. The molecule has 0 aliphatic carbocycles. The van der Waals surface area contributed by atoms with Gasteiger partial charge in [0.05, 0.1) is 12.0 Å². The van der Waals surface area contributed by atoms with Crippen molar-refractivity contribution in [3.05, 3.63) is 62.7 Å². The van der Waals surface area contributed by atoms with E-state index in [0.717, 1.165) is 42.3 Å². The molecule has 0 aromatic heterocycles. The third-order valence-corrected chi connectivity index (χ3v) is 7.63. The molecule has 2 aliphatic heterocycles. The van der Waals surface area contributed by atoms with Gasteiger partial charge in [0.2, 0.25) is 5.91 Å². The van der Waals surface area contributed by atoms with E-state index in [-0.39, 0.29) is 29.8 Å². The number of halogens is 2. The zero-order valence-electron chi connectivity index (χ0n) is 19.8. The van der Waals surface area contributed by atoms with E-state index < -0.39 is 11.1 Å². The van der Waals surface area contributed by atoms with Crippen LogP contribution < -0.4 is 9.47 Å². The molecule has 0 spiro atoms. The van der Waals surface area contributed by atoms with Crippen LogP contribution in [0.1, 0.15) is 36.8 Å². The summed E-state index contributed by atoms with van der Waals surface area (Å²) >= 11 is 4.27. The lowest BCUT2D eigenvalue weighted by molar-refractivity contribution is -0.135. The lowest BCUT2D eigenvalue weighted by Gasteiger charge is -2.22. The van der Waals surface area contributed by atoms with Crippen LogP contribution in [0.2, 0.25) is 0 Å². The van der Waals surface area contributed by atoms with Gasteiger partial charge in [-0.05, 0) is 54.4 Å². The Labute approximate surface area is 221 Å². The van der Waals surface area contributed by atoms with Gasteiger partial charge in [0, 0.05) is 23.1 Å². The van der Waals surface area contributed by atoms with Crippen molar-refractivity contribution in [1.29, 1.82) is 0 Å². The van der Waals surface area contributed by atoms with Crippen molar-refractivity contribution in [2.45, 2.75) is 32.3 Å². The van der Waals surface area contributed by atoms with Gasteiger partial charge in [-0.1, -0.05) is 47.0 Å². The summed E-state index contributed by atoms with van der Waals surface area (Å²) in [5.74, 6) is -0.298. The number of methoxy groups -OCH3 is 1. The fraction of sp³-hybridized carbons (Fsp3) is 0.346. The van der Waals surface area contributed by atoms with Gasteiger partial charge in [0.15, 0.2) is 11.5 Å². The van der Waals surface area contributed by atoms with Crippen LogP contribution in [0, 0.1) is 5.82 Å². The number of hydrogen-bond acceptors (Lipinski definition) is 6. The molecule has 4 rings (SSSR count). The molecule has 2 heterocycles. The first-order valence-corrected chi connectivity index (χ1v) is 13.2. The predicted octanol–water partition coefficient (Wildman–Crippen LogP) is 5.61. The Bertz CT molecular complexity index is 1200. The molecule has 2 saturated heterocycles. The molecule has 0 bridgehead atoms. The Kier molecular flexibility index (Phi) is 8.68. The molecule has 0 N–H and O–H groups in total. The number of amides is 3. The van der Waals surface area contributed by atoms with Gasteiger partial charge in [-0.3, -0.25) is 19.3 Å². The number of benzene rings is 2. The number of hydrogen-bond donors (Lipinski definition) is 0. The number of nitrogens with zero attached hydrogens (tertiary/aromatic N) is 2. The number of ether oxygens (including phenoxy) is 2. The lowest BCUT2D eigenvalue weighted by atomic mass is 10.1. The standard InChI is InChI=1S/C26H26BrFN2O5S/c1-34-21-12-18(19(27)14-22(21)35-16-17-8-4-5-9-20(17)28)13-23-25(32)30(26(33)36-23)15-24(31)29-10-6-2-3-7-11-29/h4-5,8-9,12-14H,2-3,6-7,10-11,15-16H2,1H3. The van der Waals surface area contributed by atoms with E-state index in [1.807, 2.05) is 0 Å². The highest BCUT2D eigenvalue weighted by molar-refractivity contribution is 9.10. The summed E-state index contributed by atoms with van der Waals surface area (Å²) in [6, 6.07) is 9.67. The largest absolute Gasteiger partial charge is 0.493 e. The number of thioether (sulfide) groups is 1. The van der Waals surface area contributed by atoms with E-state index in [1.165, 1.54) is 13.2 Å². The summed E-state index contributed by atoms with van der Waals surface area (Å²) in [4.78, 5) is 41.2. The van der Waals surface area contributed by atoms with Crippen molar-refractivity contribution in [3.8, 4) is 11.5 Å². The molecular formula is C26H26BrFN2O5S. The van der Waals surface area contributed by atoms with Crippen molar-refractivity contribution >= 4 is 50.8 Å². The van der Waals surface area contributed by atoms with Crippen LogP contribution in [0.3, 0.4) is 0 Å². The number of likely N-dealkylation sites (tertiary alicyclic amines) is 1. The van der Waals surface area contributed by atoms with E-state index in [4.69, 9.17) is 9.47 Å². The van der Waals surface area contributed by atoms with Crippen LogP contribution in [0.4, 0.5) is 9.18 Å². The Hall–Kier alpha value is -2.85. The van der Waals surface area contributed by atoms with Crippen molar-refractivity contribution in [3.63, 3.8) is 0 Å². The van der Waals surface area contributed by atoms with Crippen molar-refractivity contribution in [2.75, 3.05) is 26.7 Å². The van der Waals surface area contributed by atoms with Gasteiger partial charge in [-0.15, -0.1) is 0 Å². The third-order valence-electron chi connectivity index (χ3n) is 6.04. The molecule has 2 aromatic carbocycles. The van der Waals surface area contributed by atoms with Crippen molar-refractivity contribution in [1.82, 2.24) is 9.80 Å². The van der Waals surface area contributed by atoms with E-state index in [0.29, 0.717) is 40.2 Å². The fourth-order valence-corrected chi connectivity index (χ4v) is 5.30. The fourth-order valence-electron chi connectivity index (χ4n) is 4.04. The molecule has 10 heteroatoms. The minimum Gasteiger partial charge on any atom is -0.493 e. The summed E-state index contributed by atoms with van der Waals surface area (Å²) < 4.78 is 25.7. The second-order valence-electron chi connectivity index (χ2n) is 8.47. The summed E-state index contributed by atoms with van der Waals surface area (Å²) in [6.45, 7) is 1.07. The maximum Gasteiger partial charge on any atom is 0.294 e. The zero-order chi connectivity index (χ0) is 25.7. The van der Waals surface area contributed by atoms with Crippen molar-refractivity contribution in [2.24, 2.45) is 0 Å². The second kappa shape index (κ2) is 11.9. The smallest absolute Gasteiger partial charge is 0.294 e. The Morgan fingerprint density at radius 1 is 1.11 bits per heavy atom. The summed E-state index contributed by atoms with van der Waals surface area (Å²) in [6.07, 6.45) is 5.61. The van der Waals surface area contributed by atoms with Gasteiger partial charge >= 0.3 is 0 Å². The highest BCUT2D eigenvalue weighted by Crippen LogP contribution is 2.38. The average molecular weight is 577 g/mol. The molecule has 0 radical (unpaired) electrons. The Morgan fingerprint density at radius 2 is 1.83 bits per heavy atom. The Morgan fingerprint density at radius 3 is 2.53 bits per heavy atom. The quantitative estimate of drug-likeness (QED) is 0.398. The van der Waals surface area contributed by atoms with Crippen LogP contribution in [0.15, 0.2) is 45.8 Å². The third kappa shape index (κ3) is 6.10. The van der Waals surface area contributed by atoms with Gasteiger partial charge in [0.1, 0.15) is 19.0 Å². The first-order chi connectivity index (χ1) is 17.4. The maximum atomic E-state index is 13.9. The molecule has 0 unspecified atom stereocenters. The van der Waals surface area contributed by atoms with Crippen LogP contribution in [-0.4, -0.2) is 53.6 Å². The van der Waals surface area contributed by atoms with Gasteiger partial charge in [-0.2, -0.15) is 0 Å². The highest BCUT2D eigenvalue weighted by Gasteiger charge is 2.37. The van der Waals surface area contributed by atoms with Gasteiger partial charge < -0.3 is 14.4 Å². The first kappa shape index (κ1) is 26.2. The lowest BCUT2D eigenvalue weighted by Crippen LogP contribution is -2.42. The molecule has 2 aromatic rings. The number of rotatable bonds is 7. The predicted molar refractivity (Wildman–Crippen MR) is 139 cm³/mol. The molecule has 3 amide bonds. The Balaban J connectivity index is 1.48. The maximum absolute atomic E-state index is 13.9. The normalized spacial score (nSPS) is 17.5. The van der Waals surface area contributed by atoms with Gasteiger partial charge in [-0.25, -0.2) is 4.39 Å². The topological polar surface area (TPSA) is 76.2 Å². The molecule has 0 atom stereocenters. The number of carbonyl (C=O) groups excluding carboxylic acids is 3. The molecule has 36 heavy (non-hydrogen) atoms. The molecular weight excluding hydrogens is 551 g/mol. The number of imide groups is 1. The second-order valence-corrected chi connectivity index (χ2v) is 10.3. The van der Waals surface area contributed by atoms with E-state index in [9.17, 15) is 18.8 Å². The van der Waals surface area contributed by atoms with Crippen molar-refractivity contribution < 1.29 is 28.2 Å². The summed E-state index contributed by atoms with van der Waals surface area (Å²) in [5.41, 5.74) is 0.998. The molecule has 190 valence electrons. The monoisotopic (exact) mass is 576 g/mol. The van der Waals surface area contributed by atoms with Crippen LogP contribution in [-0.2, 0) is 16.2 Å². The molecule has 7 nitrogen and oxygen atoms in total. The number of carbonyl (C=O) groups is 3. The zero-order valence-corrected chi connectivity index (χ0v) is 22.2. The minimum atomic E-state index is -0.501. The SMILES string of the molecule is COc1cc(C=C2SC(=O)N(CC(=O)N3CCCCCC3)C2=O)c(Br)cc1OCc1ccccc1F.